The maximum absolute atomic E-state index is 12.7. The number of piperazine rings is 1. The number of anilines is 1. The van der Waals surface area contributed by atoms with Crippen molar-refractivity contribution in [1.82, 2.24) is 19.2 Å². The highest BCUT2D eigenvalue weighted by molar-refractivity contribution is 7.90. The molecule has 0 spiro atoms. The molecule has 2 aromatic carbocycles. The van der Waals surface area contributed by atoms with E-state index in [4.69, 9.17) is 26.3 Å². The van der Waals surface area contributed by atoms with Crippen molar-refractivity contribution >= 4 is 38.2 Å². The van der Waals surface area contributed by atoms with Crippen LogP contribution >= 0.6 is 11.6 Å². The fourth-order valence-electron chi connectivity index (χ4n) is 6.86. The zero-order valence-electron chi connectivity index (χ0n) is 24.0. The highest BCUT2D eigenvalue weighted by Gasteiger charge is 2.37. The summed E-state index contributed by atoms with van der Waals surface area (Å²) in [5, 5.41) is 11.5. The van der Waals surface area contributed by atoms with Crippen molar-refractivity contribution in [1.29, 1.82) is 5.26 Å². The molecule has 0 N–H and O–H groups in total. The minimum absolute atomic E-state index is 0.0838. The van der Waals surface area contributed by atoms with Crippen LogP contribution in [0.3, 0.4) is 0 Å². The van der Waals surface area contributed by atoms with Crippen LogP contribution < -0.4 is 9.64 Å². The average molecular weight is 609 g/mol. The van der Waals surface area contributed by atoms with Crippen LogP contribution in [-0.4, -0.2) is 84.7 Å². The number of likely N-dealkylation sites (tertiary alicyclic amines) is 1. The SMILES string of the molecule is CN1CCCC1COc1nc2c(c(N3CCN(S(=O)(=O)CCl)C(CC#N)C3)n1)CCC(c1cccc3ccccc13)C2. The lowest BCUT2D eigenvalue weighted by Crippen LogP contribution is -2.55. The van der Waals surface area contributed by atoms with Gasteiger partial charge >= 0.3 is 6.01 Å². The molecule has 0 bridgehead atoms. The topological polar surface area (TPSA) is 103 Å². The van der Waals surface area contributed by atoms with Crippen LogP contribution in [0.4, 0.5) is 5.82 Å². The molecule has 6 rings (SSSR count). The van der Waals surface area contributed by atoms with Gasteiger partial charge in [0.25, 0.3) is 0 Å². The molecule has 11 heteroatoms. The molecule has 1 aromatic heterocycles. The molecule has 42 heavy (non-hydrogen) atoms. The van der Waals surface area contributed by atoms with Crippen molar-refractivity contribution in [2.45, 2.75) is 56.5 Å². The number of fused-ring (bicyclic) bond motifs is 2. The van der Waals surface area contributed by atoms with E-state index in [1.165, 1.54) is 20.6 Å². The van der Waals surface area contributed by atoms with Crippen LogP contribution in [0.5, 0.6) is 6.01 Å². The molecule has 0 saturated carbocycles. The second-order valence-electron chi connectivity index (χ2n) is 11.6. The van der Waals surface area contributed by atoms with Crippen molar-refractivity contribution in [3.8, 4) is 12.1 Å². The van der Waals surface area contributed by atoms with Crippen LogP contribution in [0.15, 0.2) is 42.5 Å². The van der Waals surface area contributed by atoms with E-state index in [0.717, 1.165) is 55.7 Å². The minimum atomic E-state index is -3.64. The molecular weight excluding hydrogens is 572 g/mol. The van der Waals surface area contributed by atoms with Crippen LogP contribution in [0.25, 0.3) is 10.8 Å². The van der Waals surface area contributed by atoms with Crippen molar-refractivity contribution in [3.63, 3.8) is 0 Å². The van der Waals surface area contributed by atoms with Crippen molar-refractivity contribution in [2.75, 3.05) is 49.9 Å². The third-order valence-electron chi connectivity index (χ3n) is 9.12. The maximum atomic E-state index is 12.7. The lowest BCUT2D eigenvalue weighted by atomic mass is 9.80. The number of nitrogens with zero attached hydrogens (tertiary/aromatic N) is 6. The number of sulfonamides is 1. The number of hydrogen-bond donors (Lipinski definition) is 0. The number of hydrogen-bond acceptors (Lipinski definition) is 8. The molecule has 2 saturated heterocycles. The van der Waals surface area contributed by atoms with Gasteiger partial charge in [0.1, 0.15) is 17.6 Å². The van der Waals surface area contributed by atoms with E-state index in [1.54, 1.807) is 0 Å². The summed E-state index contributed by atoms with van der Waals surface area (Å²) in [4.78, 5) is 14.4. The predicted octanol–water partition coefficient (Wildman–Crippen LogP) is 4.31. The molecule has 1 aliphatic carbocycles. The second-order valence-corrected chi connectivity index (χ2v) is 14.2. The average Bonchev–Trinajstić information content (AvgIpc) is 3.43. The van der Waals surface area contributed by atoms with Gasteiger partial charge in [-0.2, -0.15) is 19.5 Å². The summed E-state index contributed by atoms with van der Waals surface area (Å²) >= 11 is 5.79. The standard InChI is InChI=1S/C31H37ClN6O3S/c1-36-15-5-8-25(36)20-41-31-34-29-18-23(27-10-4-7-22-6-2-3-9-26(22)27)11-12-28(29)30(35-31)37-16-17-38(42(39,40)21-32)24(19-37)13-14-33/h2-4,6-7,9-10,23-25H,5,8,11-13,15-21H2,1H3. The Morgan fingerprint density at radius 1 is 1.07 bits per heavy atom. The summed E-state index contributed by atoms with van der Waals surface area (Å²) in [6.45, 7) is 2.67. The van der Waals surface area contributed by atoms with E-state index in [2.05, 4.69) is 65.4 Å². The molecule has 0 amide bonds. The molecule has 3 unspecified atom stereocenters. The summed E-state index contributed by atoms with van der Waals surface area (Å²) in [6, 6.07) is 17.4. The first-order valence-electron chi connectivity index (χ1n) is 14.8. The molecule has 222 valence electrons. The summed E-state index contributed by atoms with van der Waals surface area (Å²) in [5.41, 5.74) is 3.43. The number of halogens is 1. The summed E-state index contributed by atoms with van der Waals surface area (Å²) in [7, 11) is -1.52. The molecule has 0 radical (unpaired) electrons. The smallest absolute Gasteiger partial charge is 0.318 e. The number of nitriles is 1. The Balaban J connectivity index is 1.33. The lowest BCUT2D eigenvalue weighted by Gasteiger charge is -2.41. The van der Waals surface area contributed by atoms with Crippen LogP contribution in [-0.2, 0) is 22.9 Å². The molecule has 9 nitrogen and oxygen atoms in total. The fraction of sp³-hybridized carbons (Fsp3) is 0.516. The quantitative estimate of drug-likeness (QED) is 0.349. The van der Waals surface area contributed by atoms with E-state index in [-0.39, 0.29) is 13.0 Å². The van der Waals surface area contributed by atoms with Crippen molar-refractivity contribution in [3.05, 3.63) is 59.3 Å². The largest absolute Gasteiger partial charge is 0.462 e. The van der Waals surface area contributed by atoms with Gasteiger partial charge in [-0.1, -0.05) is 42.5 Å². The first kappa shape index (κ1) is 29.1. The Hall–Kier alpha value is -2.97. The van der Waals surface area contributed by atoms with Gasteiger partial charge in [0.15, 0.2) is 0 Å². The minimum Gasteiger partial charge on any atom is -0.462 e. The zero-order chi connectivity index (χ0) is 29.3. The highest BCUT2D eigenvalue weighted by Crippen LogP contribution is 2.39. The third-order valence-corrected chi connectivity index (χ3v) is 11.4. The van der Waals surface area contributed by atoms with Crippen molar-refractivity contribution < 1.29 is 13.2 Å². The number of likely N-dealkylation sites (N-methyl/N-ethyl adjacent to an activating group) is 1. The number of benzene rings is 2. The predicted molar refractivity (Wildman–Crippen MR) is 164 cm³/mol. The first-order chi connectivity index (χ1) is 20.4. The summed E-state index contributed by atoms with van der Waals surface area (Å²) in [6.07, 6.45) is 4.88. The molecule has 2 aliphatic heterocycles. The van der Waals surface area contributed by atoms with Crippen LogP contribution in [0, 0.1) is 11.3 Å². The van der Waals surface area contributed by atoms with E-state index < -0.39 is 21.3 Å². The Kier molecular flexibility index (Phi) is 8.55. The molecular formula is C31H37ClN6O3S. The Bertz CT molecular complexity index is 1590. The zero-order valence-corrected chi connectivity index (χ0v) is 25.5. The maximum Gasteiger partial charge on any atom is 0.318 e. The van der Waals surface area contributed by atoms with E-state index in [9.17, 15) is 13.7 Å². The lowest BCUT2D eigenvalue weighted by molar-refractivity contribution is 0.187. The van der Waals surface area contributed by atoms with Gasteiger partial charge < -0.3 is 14.5 Å². The Morgan fingerprint density at radius 2 is 1.90 bits per heavy atom. The number of ether oxygens (including phenoxy) is 1. The number of aromatic nitrogens is 2. The molecule has 3 heterocycles. The second kappa shape index (κ2) is 12.3. The van der Waals surface area contributed by atoms with Crippen LogP contribution in [0.1, 0.15) is 48.4 Å². The Morgan fingerprint density at radius 3 is 2.69 bits per heavy atom. The van der Waals surface area contributed by atoms with Gasteiger partial charge in [0, 0.05) is 31.2 Å². The normalized spacial score (nSPS) is 23.5. The third kappa shape index (κ3) is 5.80. The molecule has 3 aliphatic rings. The van der Waals surface area contributed by atoms with Gasteiger partial charge in [0.05, 0.1) is 24.2 Å². The van der Waals surface area contributed by atoms with E-state index in [0.29, 0.717) is 37.7 Å². The summed E-state index contributed by atoms with van der Waals surface area (Å²) in [5.74, 6) is 1.12. The van der Waals surface area contributed by atoms with Gasteiger partial charge in [-0.15, -0.1) is 11.6 Å². The molecule has 3 aromatic rings. The van der Waals surface area contributed by atoms with Gasteiger partial charge in [-0.25, -0.2) is 8.42 Å². The number of rotatable bonds is 8. The fourth-order valence-corrected chi connectivity index (χ4v) is 8.32. The number of alkyl halides is 1. The van der Waals surface area contributed by atoms with Crippen molar-refractivity contribution in [2.24, 2.45) is 0 Å². The molecule has 2 fully saturated rings. The van der Waals surface area contributed by atoms with Gasteiger partial charge in [0.2, 0.25) is 10.0 Å². The summed E-state index contributed by atoms with van der Waals surface area (Å²) < 4.78 is 33.0. The van der Waals surface area contributed by atoms with E-state index in [1.807, 2.05) is 0 Å². The Labute approximate surface area is 253 Å². The van der Waals surface area contributed by atoms with Gasteiger partial charge in [-0.3, -0.25) is 0 Å². The monoisotopic (exact) mass is 608 g/mol. The highest BCUT2D eigenvalue weighted by atomic mass is 35.5. The van der Waals surface area contributed by atoms with E-state index >= 15 is 0 Å². The first-order valence-corrected chi connectivity index (χ1v) is 16.9. The van der Waals surface area contributed by atoms with Gasteiger partial charge in [-0.05, 0) is 68.0 Å². The van der Waals surface area contributed by atoms with Crippen LogP contribution in [0.2, 0.25) is 0 Å². The molecule has 3 atom stereocenters.